The molecular formula is C75H110Br3Cl3I2N2O7S. The number of likely N-dealkylation sites (tertiary alicyclic amines) is 2. The van der Waals surface area contributed by atoms with Crippen LogP contribution in [-0.2, 0) is 52.5 Å². The lowest BCUT2D eigenvalue weighted by Crippen LogP contribution is -3.00. The maximum absolute atomic E-state index is 13.5. The van der Waals surface area contributed by atoms with Crippen LogP contribution in [0.3, 0.4) is 0 Å². The zero-order valence-corrected chi connectivity index (χ0v) is 68.1. The first-order chi connectivity index (χ1) is 42.7. The predicted molar refractivity (Wildman–Crippen MR) is 416 cm³/mol. The SMILES string of the molecule is C.C.CCC(Br)C(=O)Cc1c(C)cccc1C.CCC(Br)C(=O)Cl.CCC(Br)C(=O)O.CCC(C(=O)Cc1c(C)cccc1C)N1CCCC(c2ccccc2)C1.CCC(C(=O)Cc1c(C)cccc1C)[N+]1(CC)CCCC(c2ccccc2)C1.CCI.O=S(Cl)Cl.[I-]. The lowest BCUT2D eigenvalue weighted by atomic mass is 9.85. The zero-order valence-electron chi connectivity index (χ0n) is 56.0. The van der Waals surface area contributed by atoms with Gasteiger partial charge < -0.3 is 33.6 Å². The number of likely N-dealkylation sites (N-methyl/N-ethyl adjacent to an activating group) is 1. The number of hydrogen-bond acceptors (Lipinski definition) is 7. The number of carboxylic acid groups (broad SMARTS) is 1. The molecule has 2 saturated heterocycles. The summed E-state index contributed by atoms with van der Waals surface area (Å²) in [7, 11) is 7.36. The number of alkyl halides is 4. The quantitative estimate of drug-likeness (QED) is 0.0333. The highest BCUT2D eigenvalue weighted by Crippen LogP contribution is 2.35. The van der Waals surface area contributed by atoms with Gasteiger partial charge in [0.25, 0.3) is 0 Å². The predicted octanol–water partition coefficient (Wildman–Crippen LogP) is 18.2. The van der Waals surface area contributed by atoms with Gasteiger partial charge in [0, 0.05) is 59.5 Å². The van der Waals surface area contributed by atoms with Crippen LogP contribution in [0.5, 0.6) is 0 Å². The van der Waals surface area contributed by atoms with Crippen molar-refractivity contribution in [2.75, 3.05) is 37.2 Å². The van der Waals surface area contributed by atoms with E-state index in [-0.39, 0.29) is 76.4 Å². The lowest BCUT2D eigenvalue weighted by molar-refractivity contribution is -0.946. The summed E-state index contributed by atoms with van der Waals surface area (Å²) < 4.78 is 11.3. The van der Waals surface area contributed by atoms with E-state index in [9.17, 15) is 24.0 Å². The fourth-order valence-corrected chi connectivity index (χ4v) is 12.1. The minimum atomic E-state index is -1.67. The first-order valence-corrected chi connectivity index (χ1v) is 39.2. The fraction of sp³-hybridized carbons (Fsp3) is 0.533. The molecule has 8 atom stereocenters. The van der Waals surface area contributed by atoms with Gasteiger partial charge in [-0.15, -0.1) is 0 Å². The highest BCUT2D eigenvalue weighted by Gasteiger charge is 2.43. The van der Waals surface area contributed by atoms with E-state index >= 15 is 0 Å². The van der Waals surface area contributed by atoms with Crippen LogP contribution >= 0.6 is 103 Å². The molecule has 9 nitrogen and oxygen atoms in total. The number of halogens is 8. The molecule has 0 aliphatic carbocycles. The summed E-state index contributed by atoms with van der Waals surface area (Å²) in [5.41, 5.74) is 13.8. The Kier molecular flexibility index (Phi) is 54.4. The average molecular weight is 1780 g/mol. The number of aryl methyl sites for hydroxylation is 6. The van der Waals surface area contributed by atoms with Gasteiger partial charge in [-0.05, 0) is 190 Å². The molecule has 0 radical (unpaired) electrons. The lowest BCUT2D eigenvalue weighted by Gasteiger charge is -2.48. The summed E-state index contributed by atoms with van der Waals surface area (Å²) in [5, 5.41) is 7.82. The van der Waals surface area contributed by atoms with Crippen molar-refractivity contribution in [3.8, 4) is 0 Å². The van der Waals surface area contributed by atoms with Crippen LogP contribution in [0.4, 0.5) is 0 Å². The van der Waals surface area contributed by atoms with E-state index in [2.05, 4.69) is 275 Å². The summed E-state index contributed by atoms with van der Waals surface area (Å²) in [6.07, 6.45) is 10.6. The normalized spacial score (nSPS) is 17.0. The van der Waals surface area contributed by atoms with E-state index in [1.165, 1.54) is 91.3 Å². The van der Waals surface area contributed by atoms with Crippen LogP contribution in [-0.4, -0.2) is 111 Å². The van der Waals surface area contributed by atoms with E-state index in [0.29, 0.717) is 49.1 Å². The van der Waals surface area contributed by atoms with Gasteiger partial charge in [0.2, 0.25) is 14.5 Å². The van der Waals surface area contributed by atoms with Crippen molar-refractivity contribution < 1.29 is 61.7 Å². The van der Waals surface area contributed by atoms with E-state index < -0.39 is 15.2 Å². The number of piperidine rings is 2. The number of quaternary nitrogens is 1. The molecule has 0 saturated carbocycles. The van der Waals surface area contributed by atoms with E-state index in [1.807, 2.05) is 26.8 Å². The molecule has 524 valence electrons. The van der Waals surface area contributed by atoms with Crippen molar-refractivity contribution >= 4 is 141 Å². The molecular weight excluding hydrogens is 1670 g/mol. The van der Waals surface area contributed by atoms with Crippen LogP contribution in [0.15, 0.2) is 115 Å². The van der Waals surface area contributed by atoms with Crippen LogP contribution < -0.4 is 24.0 Å². The standard InChI is InChI=1S/C26H36NO.C24H31NO.C13H17BrO.C4H6BrClO.C4H7BrO2.C2H5I.2CH4.Cl2OS.HI/c1-5-25(26(28)18-24-20(3)12-10-13-21(24)4)27(6-2)17-11-16-23(19-27)22-14-8-7-9-15-22;1-4-23(24(26)16-22-18(2)10-8-11-19(22)3)25-15-9-14-21(17-25)20-12-6-5-7-13-20;1-4-12(14)13(15)8-11-9(2)6-5-7-10(11)3;2*1-2-3(5)4(6)7;1-2-3;;;1-4(2)3;/h7-10,12-15,23,25H,5-6,11,16-19H2,1-4H3;5-8,10-13,21,23H,4,9,14-17H2,1-3H3;5-7,12H,4,8H2,1-3H3;3H,2H2,1H3;3H,2H2,1H3,(H,6,7);2H2,1H3;2*1H4;;1H/q+1;;;;;;;;;/p-1. The van der Waals surface area contributed by atoms with Gasteiger partial charge in [0.15, 0.2) is 17.3 Å². The number of ketones is 3. The molecule has 0 aromatic heterocycles. The third-order valence-electron chi connectivity index (χ3n) is 16.9. The molecule has 2 aliphatic heterocycles. The Morgan fingerprint density at radius 3 is 1.25 bits per heavy atom. The maximum Gasteiger partial charge on any atom is 0.317 e. The summed E-state index contributed by atoms with van der Waals surface area (Å²) in [5.74, 6) is 1.40. The summed E-state index contributed by atoms with van der Waals surface area (Å²) in [4.78, 5) is 60.4. The smallest absolute Gasteiger partial charge is 0.317 e. The number of carbonyl (C=O) groups is 5. The first kappa shape index (κ1) is 95.3. The van der Waals surface area contributed by atoms with Crippen LogP contribution in [0.2, 0.25) is 0 Å². The average Bonchev–Trinajstić information content (AvgIpc) is 0.796. The fourth-order valence-electron chi connectivity index (χ4n) is 11.8. The summed E-state index contributed by atoms with van der Waals surface area (Å²) >= 11 is 16.7. The van der Waals surface area contributed by atoms with Crippen molar-refractivity contribution in [3.63, 3.8) is 0 Å². The molecule has 0 spiro atoms. The van der Waals surface area contributed by atoms with Crippen molar-refractivity contribution in [2.24, 2.45) is 0 Å². The highest BCUT2D eigenvalue weighted by molar-refractivity contribution is 14.1. The zero-order chi connectivity index (χ0) is 68.1. The highest BCUT2D eigenvalue weighted by atomic mass is 127. The molecule has 1 N–H and O–H groups in total. The van der Waals surface area contributed by atoms with E-state index in [4.69, 9.17) is 20.9 Å². The number of carbonyl (C=O) groups excluding carboxylic acids is 4. The number of carboxylic acids is 1. The molecule has 93 heavy (non-hydrogen) atoms. The van der Waals surface area contributed by atoms with Crippen molar-refractivity contribution in [1.29, 1.82) is 0 Å². The van der Waals surface area contributed by atoms with Crippen LogP contribution in [0.1, 0.15) is 194 Å². The van der Waals surface area contributed by atoms with Gasteiger partial charge in [0.05, 0.1) is 35.3 Å². The summed E-state index contributed by atoms with van der Waals surface area (Å²) in [6, 6.07) is 40.7. The minimum absolute atomic E-state index is 0. The number of rotatable bonds is 21. The molecule has 18 heteroatoms. The van der Waals surface area contributed by atoms with Crippen LogP contribution in [0.25, 0.3) is 0 Å². The molecule has 5 aromatic carbocycles. The minimum Gasteiger partial charge on any atom is -1.00 e. The van der Waals surface area contributed by atoms with Gasteiger partial charge in [-0.3, -0.25) is 28.9 Å². The van der Waals surface area contributed by atoms with Gasteiger partial charge in [-0.25, -0.2) is 4.21 Å². The summed E-state index contributed by atoms with van der Waals surface area (Å²) in [6.45, 7) is 32.4. The van der Waals surface area contributed by atoms with Crippen molar-refractivity contribution in [1.82, 2.24) is 4.90 Å². The van der Waals surface area contributed by atoms with Gasteiger partial charge >= 0.3 is 5.97 Å². The third kappa shape index (κ3) is 35.1. The van der Waals surface area contributed by atoms with Crippen molar-refractivity contribution in [2.45, 2.75) is 220 Å². The molecule has 2 aliphatic rings. The first-order valence-electron chi connectivity index (χ1n) is 31.7. The Labute approximate surface area is 635 Å². The Morgan fingerprint density at radius 1 is 0.559 bits per heavy atom. The van der Waals surface area contributed by atoms with Crippen LogP contribution in [0, 0.1) is 41.5 Å². The Bertz CT molecular complexity index is 2870. The molecule has 2 fully saturated rings. The van der Waals surface area contributed by atoms with Gasteiger partial charge in [-0.1, -0.05) is 242 Å². The number of nitrogens with zero attached hydrogens (tertiary/aromatic N) is 2. The monoisotopic (exact) mass is 1780 g/mol. The van der Waals surface area contributed by atoms with E-state index in [1.54, 1.807) is 0 Å². The maximum atomic E-state index is 13.5. The number of hydrogen-bond donors (Lipinski definition) is 1. The molecule has 7 rings (SSSR count). The molecule has 2 heterocycles. The molecule has 5 aromatic rings. The third-order valence-corrected chi connectivity index (χ3v) is 20.7. The van der Waals surface area contributed by atoms with E-state index in [0.717, 1.165) is 62.9 Å². The van der Waals surface area contributed by atoms with Gasteiger partial charge in [0.1, 0.15) is 10.9 Å². The topological polar surface area (TPSA) is 126 Å². The molecule has 0 bridgehead atoms. The van der Waals surface area contributed by atoms with Crippen molar-refractivity contribution in [3.05, 3.63) is 176 Å². The second-order valence-corrected chi connectivity index (χ2v) is 30.8. The Hall–Kier alpha value is -1.91. The number of benzene rings is 5. The Balaban J connectivity index is -0.00000114. The molecule has 0 amide bonds. The second-order valence-electron chi connectivity index (χ2n) is 23.0. The number of Topliss-reactive ketones (excluding diaryl/α,β-unsaturated/α-hetero) is 3. The number of aliphatic carboxylic acids is 1. The van der Waals surface area contributed by atoms with Gasteiger partial charge in [-0.2, -0.15) is 0 Å². The largest absolute Gasteiger partial charge is 1.00 e. The second kappa shape index (κ2) is 53.1. The Morgan fingerprint density at radius 2 is 0.925 bits per heavy atom. The molecule has 8 unspecified atom stereocenters.